The first kappa shape index (κ1) is 19.0. The Hall–Kier alpha value is -2.38. The average Bonchev–Trinajstić information content (AvgIpc) is 3.17. The van der Waals surface area contributed by atoms with Crippen LogP contribution in [-0.4, -0.2) is 33.0 Å². The highest BCUT2D eigenvalue weighted by atomic mass is 32.2. The first-order chi connectivity index (χ1) is 13.5. The van der Waals surface area contributed by atoms with Crippen LogP contribution in [0.1, 0.15) is 25.3 Å². The van der Waals surface area contributed by atoms with Crippen LogP contribution in [0, 0.1) is 5.92 Å². The highest BCUT2D eigenvalue weighted by Gasteiger charge is 2.24. The number of fused-ring (bicyclic) bond motifs is 1. The maximum atomic E-state index is 12.5. The lowest BCUT2D eigenvalue weighted by Crippen LogP contribution is -2.38. The molecular weight excluding hydrogens is 374 g/mol. The summed E-state index contributed by atoms with van der Waals surface area (Å²) in [7, 11) is -3.46. The van der Waals surface area contributed by atoms with Crippen molar-refractivity contribution in [2.45, 2.75) is 31.1 Å². The van der Waals surface area contributed by atoms with Gasteiger partial charge in [0.05, 0.1) is 4.90 Å². The van der Waals surface area contributed by atoms with Crippen LogP contribution < -0.4 is 9.62 Å². The summed E-state index contributed by atoms with van der Waals surface area (Å²) in [4.78, 5) is 7.01. The van der Waals surface area contributed by atoms with E-state index < -0.39 is 10.0 Å². The molecule has 0 atom stereocenters. The fourth-order valence-electron chi connectivity index (χ4n) is 3.54. The third kappa shape index (κ3) is 4.05. The van der Waals surface area contributed by atoms with Gasteiger partial charge in [-0.1, -0.05) is 31.2 Å². The van der Waals surface area contributed by atoms with Crippen molar-refractivity contribution in [1.29, 1.82) is 0 Å². The van der Waals surface area contributed by atoms with E-state index in [4.69, 9.17) is 4.42 Å². The van der Waals surface area contributed by atoms with Crippen molar-refractivity contribution in [3.63, 3.8) is 0 Å². The number of hydrogen-bond donors (Lipinski definition) is 1. The number of anilines is 1. The van der Waals surface area contributed by atoms with Crippen LogP contribution >= 0.6 is 0 Å². The Balaban J connectivity index is 1.32. The molecule has 6 nitrogen and oxygen atoms in total. The van der Waals surface area contributed by atoms with Crippen LogP contribution in [0.2, 0.25) is 0 Å². The standard InChI is InChI=1S/C21H25N3O3S/c1-2-16-7-9-18(10-8-16)28(25,26)22-15-17-11-13-24(14-12-17)21-23-19-5-3-4-6-20(19)27-21/h3-10,17,22H,2,11-15H2,1H3. The van der Waals surface area contributed by atoms with Crippen molar-refractivity contribution in [3.05, 3.63) is 54.1 Å². The molecule has 28 heavy (non-hydrogen) atoms. The Kier molecular flexibility index (Phi) is 5.37. The third-order valence-electron chi connectivity index (χ3n) is 5.37. The van der Waals surface area contributed by atoms with Gasteiger partial charge in [0.25, 0.3) is 6.01 Å². The van der Waals surface area contributed by atoms with Crippen molar-refractivity contribution in [2.24, 2.45) is 5.92 Å². The van der Waals surface area contributed by atoms with Gasteiger partial charge in [-0.15, -0.1) is 0 Å². The van der Waals surface area contributed by atoms with Gasteiger partial charge in [-0.2, -0.15) is 4.98 Å². The van der Waals surface area contributed by atoms with Gasteiger partial charge < -0.3 is 9.32 Å². The Morgan fingerprint density at radius 3 is 2.50 bits per heavy atom. The molecule has 1 saturated heterocycles. The minimum atomic E-state index is -3.46. The van der Waals surface area contributed by atoms with Gasteiger partial charge in [0, 0.05) is 19.6 Å². The second-order valence-electron chi connectivity index (χ2n) is 7.24. The topological polar surface area (TPSA) is 75.4 Å². The smallest absolute Gasteiger partial charge is 0.298 e. The molecule has 0 radical (unpaired) electrons. The van der Waals surface area contributed by atoms with Gasteiger partial charge in [-0.25, -0.2) is 13.1 Å². The number of hydrogen-bond acceptors (Lipinski definition) is 5. The number of piperidine rings is 1. The number of oxazole rings is 1. The zero-order valence-corrected chi connectivity index (χ0v) is 16.8. The Labute approximate surface area is 165 Å². The van der Waals surface area contributed by atoms with Crippen molar-refractivity contribution in [2.75, 3.05) is 24.5 Å². The minimum absolute atomic E-state index is 0.310. The van der Waals surface area contributed by atoms with E-state index in [1.54, 1.807) is 12.1 Å². The average molecular weight is 400 g/mol. The van der Waals surface area contributed by atoms with Crippen LogP contribution in [0.25, 0.3) is 11.1 Å². The molecule has 1 fully saturated rings. The Bertz CT molecular complexity index is 1000. The van der Waals surface area contributed by atoms with E-state index in [9.17, 15) is 8.42 Å². The van der Waals surface area contributed by atoms with Crippen molar-refractivity contribution < 1.29 is 12.8 Å². The number of aromatic nitrogens is 1. The van der Waals surface area contributed by atoms with E-state index in [-0.39, 0.29) is 0 Å². The summed E-state index contributed by atoms with van der Waals surface area (Å²) >= 11 is 0. The van der Waals surface area contributed by atoms with Crippen LogP contribution in [0.5, 0.6) is 0 Å². The van der Waals surface area contributed by atoms with Crippen molar-refractivity contribution >= 4 is 27.1 Å². The van der Waals surface area contributed by atoms with Crippen molar-refractivity contribution in [1.82, 2.24) is 9.71 Å². The second-order valence-corrected chi connectivity index (χ2v) is 9.01. The zero-order valence-electron chi connectivity index (χ0n) is 16.0. The fraction of sp³-hybridized carbons (Fsp3) is 0.381. The second kappa shape index (κ2) is 7.93. The summed E-state index contributed by atoms with van der Waals surface area (Å²) in [6, 6.07) is 15.5. The summed E-state index contributed by atoms with van der Waals surface area (Å²) in [5, 5.41) is 0. The van der Waals surface area contributed by atoms with Crippen LogP contribution in [0.3, 0.4) is 0 Å². The molecular formula is C21H25N3O3S. The molecule has 0 amide bonds. The van der Waals surface area contributed by atoms with E-state index in [1.165, 1.54) is 0 Å². The van der Waals surface area contributed by atoms with Gasteiger partial charge in [0.2, 0.25) is 10.0 Å². The summed E-state index contributed by atoms with van der Waals surface area (Å²) in [6.07, 6.45) is 2.69. The molecule has 4 rings (SSSR count). The number of nitrogens with zero attached hydrogens (tertiary/aromatic N) is 2. The zero-order chi connectivity index (χ0) is 19.6. The highest BCUT2D eigenvalue weighted by Crippen LogP contribution is 2.26. The molecule has 2 heterocycles. The summed E-state index contributed by atoms with van der Waals surface area (Å²) in [6.45, 7) is 4.13. The largest absolute Gasteiger partial charge is 0.423 e. The first-order valence-corrected chi connectivity index (χ1v) is 11.2. The van der Waals surface area contributed by atoms with Gasteiger partial charge in [-0.05, 0) is 55.0 Å². The van der Waals surface area contributed by atoms with Crippen molar-refractivity contribution in [3.8, 4) is 0 Å². The van der Waals surface area contributed by atoms with Gasteiger partial charge >= 0.3 is 0 Å². The maximum Gasteiger partial charge on any atom is 0.298 e. The molecule has 0 bridgehead atoms. The highest BCUT2D eigenvalue weighted by molar-refractivity contribution is 7.89. The molecule has 1 aromatic heterocycles. The predicted molar refractivity (Wildman–Crippen MR) is 110 cm³/mol. The number of benzene rings is 2. The Morgan fingerprint density at radius 1 is 1.11 bits per heavy atom. The summed E-state index contributed by atoms with van der Waals surface area (Å²) in [5.74, 6) is 0.310. The number of para-hydroxylation sites is 2. The van der Waals surface area contributed by atoms with Crippen LogP contribution in [-0.2, 0) is 16.4 Å². The molecule has 3 aromatic rings. The lowest BCUT2D eigenvalue weighted by atomic mass is 9.97. The van der Waals surface area contributed by atoms with Gasteiger partial charge in [0.15, 0.2) is 5.58 Å². The van der Waals surface area contributed by atoms with E-state index in [2.05, 4.69) is 21.5 Å². The molecule has 1 aliphatic rings. The molecule has 1 N–H and O–H groups in total. The van der Waals surface area contributed by atoms with E-state index >= 15 is 0 Å². The molecule has 2 aromatic carbocycles. The third-order valence-corrected chi connectivity index (χ3v) is 6.81. The number of rotatable bonds is 6. The number of aryl methyl sites for hydroxylation is 1. The number of nitrogens with one attached hydrogen (secondary N) is 1. The summed E-state index contributed by atoms with van der Waals surface area (Å²) < 4.78 is 33.6. The minimum Gasteiger partial charge on any atom is -0.423 e. The SMILES string of the molecule is CCc1ccc(S(=O)(=O)NCC2CCN(c3nc4ccccc4o3)CC2)cc1. The molecule has 0 aliphatic carbocycles. The normalized spacial score (nSPS) is 16.0. The molecule has 0 unspecified atom stereocenters. The Morgan fingerprint density at radius 2 is 1.82 bits per heavy atom. The summed E-state index contributed by atoms with van der Waals surface area (Å²) in [5.41, 5.74) is 2.79. The maximum absolute atomic E-state index is 12.5. The van der Waals surface area contributed by atoms with E-state index in [0.29, 0.717) is 23.4 Å². The fourth-order valence-corrected chi connectivity index (χ4v) is 4.66. The number of sulfonamides is 1. The van der Waals surface area contributed by atoms with Gasteiger partial charge in [-0.3, -0.25) is 0 Å². The lowest BCUT2D eigenvalue weighted by Gasteiger charge is -2.30. The van der Waals surface area contributed by atoms with Crippen LogP contribution in [0.4, 0.5) is 6.01 Å². The molecule has 1 aliphatic heterocycles. The first-order valence-electron chi connectivity index (χ1n) is 9.74. The molecule has 0 spiro atoms. The monoisotopic (exact) mass is 399 g/mol. The van der Waals surface area contributed by atoms with Gasteiger partial charge in [0.1, 0.15) is 5.52 Å². The van der Waals surface area contributed by atoms with Crippen LogP contribution in [0.15, 0.2) is 57.8 Å². The predicted octanol–water partition coefficient (Wildman–Crippen LogP) is 3.59. The quantitative estimate of drug-likeness (QED) is 0.686. The molecule has 7 heteroatoms. The van der Waals surface area contributed by atoms with E-state index in [1.807, 2.05) is 36.4 Å². The lowest BCUT2D eigenvalue weighted by molar-refractivity contribution is 0.387. The molecule has 0 saturated carbocycles. The van der Waals surface area contributed by atoms with E-state index in [0.717, 1.165) is 49.0 Å². The molecule has 148 valence electrons.